The molecule has 0 saturated heterocycles. The van der Waals surface area contributed by atoms with Crippen molar-refractivity contribution in [1.82, 2.24) is 5.32 Å². The summed E-state index contributed by atoms with van der Waals surface area (Å²) in [6.07, 6.45) is -0.972. The lowest BCUT2D eigenvalue weighted by atomic mass is 10.0. The third kappa shape index (κ3) is 6.37. The fourth-order valence-electron chi connectivity index (χ4n) is 3.46. The average Bonchev–Trinajstić information content (AvgIpc) is 2.84. The van der Waals surface area contributed by atoms with Gasteiger partial charge in [-0.2, -0.15) is 0 Å². The number of ether oxygens (including phenoxy) is 1. The Balaban J connectivity index is 1.84. The van der Waals surface area contributed by atoms with Gasteiger partial charge in [0.2, 0.25) is 15.9 Å². The summed E-state index contributed by atoms with van der Waals surface area (Å²) in [4.78, 5) is 24.8. The maximum Gasteiger partial charge on any atom is 0.407 e. The van der Waals surface area contributed by atoms with Gasteiger partial charge < -0.3 is 26.2 Å². The summed E-state index contributed by atoms with van der Waals surface area (Å²) in [6.45, 7) is 0. The SMILES string of the molecule is COC(=O)N[C@@H](Cc1cc(C(=N)N)ccc1O)C(=O)Nc1ccc(-c2ccccc2S(N)(=O)=O)cc1. The van der Waals surface area contributed by atoms with Crippen LogP contribution >= 0.6 is 0 Å². The zero-order valence-corrected chi connectivity index (χ0v) is 20.0. The number of amides is 2. The van der Waals surface area contributed by atoms with E-state index >= 15 is 0 Å². The van der Waals surface area contributed by atoms with Crippen molar-refractivity contribution in [3.05, 3.63) is 77.9 Å². The summed E-state index contributed by atoms with van der Waals surface area (Å²) >= 11 is 0. The standard InChI is InChI=1S/C24H25N5O6S/c1-35-24(32)29-19(13-16-12-15(22(25)26)8-11-20(16)30)23(31)28-17-9-6-14(7-10-17)18-4-2-3-5-21(18)36(27,33)34/h2-12,19,30H,13H2,1H3,(H3,25,26)(H,28,31)(H,29,32)(H2,27,33,34)/t19-/m0/s1. The molecule has 0 spiro atoms. The molecule has 0 unspecified atom stereocenters. The van der Waals surface area contributed by atoms with Crippen molar-refractivity contribution in [3.8, 4) is 16.9 Å². The van der Waals surface area contributed by atoms with Gasteiger partial charge in [0.1, 0.15) is 17.6 Å². The topological polar surface area (TPSA) is 198 Å². The molecule has 0 aromatic heterocycles. The monoisotopic (exact) mass is 511 g/mol. The molecular formula is C24H25N5O6S. The minimum atomic E-state index is -3.94. The summed E-state index contributed by atoms with van der Waals surface area (Å²) in [6, 6.07) is 15.7. The van der Waals surface area contributed by atoms with E-state index in [0.29, 0.717) is 22.4 Å². The number of nitrogen functional groups attached to an aromatic ring is 1. The number of rotatable bonds is 8. The lowest BCUT2D eigenvalue weighted by molar-refractivity contribution is -0.118. The maximum atomic E-state index is 13.0. The van der Waals surface area contributed by atoms with Crippen LogP contribution in [0.5, 0.6) is 5.75 Å². The molecule has 3 rings (SSSR count). The van der Waals surface area contributed by atoms with Gasteiger partial charge in [-0.25, -0.2) is 18.4 Å². The van der Waals surface area contributed by atoms with Crippen LogP contribution in [0.15, 0.2) is 71.6 Å². The molecule has 0 saturated carbocycles. The fourth-order valence-corrected chi connectivity index (χ4v) is 4.22. The molecule has 0 aliphatic carbocycles. The van der Waals surface area contributed by atoms with E-state index in [1.165, 1.54) is 24.3 Å². The Bertz CT molecular complexity index is 1410. The molecule has 0 aliphatic heterocycles. The first-order chi connectivity index (χ1) is 17.0. The van der Waals surface area contributed by atoms with Gasteiger partial charge >= 0.3 is 6.09 Å². The van der Waals surface area contributed by atoms with Gasteiger partial charge in [0, 0.05) is 23.2 Å². The molecule has 0 heterocycles. The first kappa shape index (κ1) is 26.2. The third-order valence-corrected chi connectivity index (χ3v) is 6.23. The van der Waals surface area contributed by atoms with Crippen molar-refractivity contribution in [2.45, 2.75) is 17.4 Å². The highest BCUT2D eigenvalue weighted by Crippen LogP contribution is 2.28. The van der Waals surface area contributed by atoms with Gasteiger partial charge in [0.25, 0.3) is 0 Å². The average molecular weight is 512 g/mol. The second-order valence-corrected chi connectivity index (χ2v) is 9.29. The van der Waals surface area contributed by atoms with Crippen LogP contribution in [-0.4, -0.2) is 44.5 Å². The number of hydrogen-bond acceptors (Lipinski definition) is 7. The number of methoxy groups -OCH3 is 1. The van der Waals surface area contributed by atoms with Crippen molar-refractivity contribution >= 4 is 33.5 Å². The molecular weight excluding hydrogens is 486 g/mol. The number of alkyl carbamates (subject to hydrolysis) is 1. The highest BCUT2D eigenvalue weighted by atomic mass is 32.2. The van der Waals surface area contributed by atoms with Crippen LogP contribution in [0.25, 0.3) is 11.1 Å². The van der Waals surface area contributed by atoms with Crippen LogP contribution < -0.4 is 21.5 Å². The molecule has 8 N–H and O–H groups in total. The van der Waals surface area contributed by atoms with E-state index < -0.39 is 28.1 Å². The summed E-state index contributed by atoms with van der Waals surface area (Å²) in [5.74, 6) is -0.963. The Morgan fingerprint density at radius 3 is 2.36 bits per heavy atom. The van der Waals surface area contributed by atoms with Gasteiger partial charge in [-0.15, -0.1) is 0 Å². The molecule has 3 aromatic carbocycles. The van der Waals surface area contributed by atoms with Crippen molar-refractivity contribution < 1.29 is 27.9 Å². The van der Waals surface area contributed by atoms with Crippen molar-refractivity contribution in [2.75, 3.05) is 12.4 Å². The number of carbonyl (C=O) groups excluding carboxylic acids is 2. The predicted octanol–water partition coefficient (Wildman–Crippen LogP) is 1.90. The second-order valence-electron chi connectivity index (χ2n) is 7.76. The summed E-state index contributed by atoms with van der Waals surface area (Å²) < 4.78 is 28.4. The van der Waals surface area contributed by atoms with Gasteiger partial charge in [-0.05, 0) is 47.5 Å². The molecule has 12 heteroatoms. The molecule has 0 aliphatic rings. The van der Waals surface area contributed by atoms with Crippen molar-refractivity contribution in [3.63, 3.8) is 0 Å². The number of aromatic hydroxyl groups is 1. The Morgan fingerprint density at radius 2 is 1.75 bits per heavy atom. The smallest absolute Gasteiger partial charge is 0.407 e. The molecule has 0 radical (unpaired) electrons. The van der Waals surface area contributed by atoms with E-state index in [1.54, 1.807) is 42.5 Å². The minimum absolute atomic E-state index is 0.0308. The van der Waals surface area contributed by atoms with Crippen LogP contribution in [0.2, 0.25) is 0 Å². The molecule has 36 heavy (non-hydrogen) atoms. The van der Waals surface area contributed by atoms with E-state index in [9.17, 15) is 23.1 Å². The lowest BCUT2D eigenvalue weighted by Gasteiger charge is -2.19. The number of primary sulfonamides is 1. The lowest BCUT2D eigenvalue weighted by Crippen LogP contribution is -2.45. The summed E-state index contributed by atoms with van der Waals surface area (Å²) in [7, 11) is -2.79. The Morgan fingerprint density at radius 1 is 1.08 bits per heavy atom. The van der Waals surface area contributed by atoms with Crippen LogP contribution in [-0.2, 0) is 26.0 Å². The zero-order chi connectivity index (χ0) is 26.5. The normalized spacial score (nSPS) is 11.8. The third-order valence-electron chi connectivity index (χ3n) is 5.27. The van der Waals surface area contributed by atoms with Crippen molar-refractivity contribution in [1.29, 1.82) is 5.41 Å². The number of carbonyl (C=O) groups is 2. The van der Waals surface area contributed by atoms with E-state index in [4.69, 9.17) is 16.3 Å². The predicted molar refractivity (Wildman–Crippen MR) is 134 cm³/mol. The highest BCUT2D eigenvalue weighted by molar-refractivity contribution is 7.89. The number of amidine groups is 1. The van der Waals surface area contributed by atoms with E-state index in [1.807, 2.05) is 0 Å². The van der Waals surface area contributed by atoms with Gasteiger partial charge in [-0.1, -0.05) is 30.3 Å². The molecule has 11 nitrogen and oxygen atoms in total. The largest absolute Gasteiger partial charge is 0.508 e. The molecule has 0 bridgehead atoms. The number of phenols is 1. The number of nitrogens with one attached hydrogen (secondary N) is 3. The Labute approximate surface area is 207 Å². The number of anilines is 1. The number of hydrogen-bond donors (Lipinski definition) is 6. The van der Waals surface area contributed by atoms with Crippen LogP contribution in [0.4, 0.5) is 10.5 Å². The Hall–Kier alpha value is -4.42. The van der Waals surface area contributed by atoms with Crippen molar-refractivity contribution in [2.24, 2.45) is 10.9 Å². The second kappa shape index (κ2) is 10.9. The molecule has 0 fully saturated rings. The van der Waals surface area contributed by atoms with Crippen LogP contribution in [0, 0.1) is 5.41 Å². The quantitative estimate of drug-likeness (QED) is 0.196. The molecule has 188 valence electrons. The fraction of sp³-hybridized carbons (Fsp3) is 0.125. The zero-order valence-electron chi connectivity index (χ0n) is 19.2. The summed E-state index contributed by atoms with van der Waals surface area (Å²) in [5.41, 5.74) is 7.48. The first-order valence-corrected chi connectivity index (χ1v) is 12.1. The number of nitrogens with two attached hydrogens (primary N) is 2. The van der Waals surface area contributed by atoms with E-state index in [-0.39, 0.29) is 28.5 Å². The highest BCUT2D eigenvalue weighted by Gasteiger charge is 2.24. The molecule has 2 amide bonds. The number of benzene rings is 3. The molecule has 3 aromatic rings. The number of sulfonamides is 1. The van der Waals surface area contributed by atoms with Gasteiger partial charge in [-0.3, -0.25) is 10.2 Å². The van der Waals surface area contributed by atoms with Crippen LogP contribution in [0.3, 0.4) is 0 Å². The first-order valence-electron chi connectivity index (χ1n) is 10.5. The van der Waals surface area contributed by atoms with Crippen LogP contribution in [0.1, 0.15) is 11.1 Å². The number of phenolic OH excluding ortho intramolecular Hbond substituents is 1. The van der Waals surface area contributed by atoms with Gasteiger partial charge in [0.15, 0.2) is 0 Å². The van der Waals surface area contributed by atoms with E-state index in [2.05, 4.69) is 15.4 Å². The van der Waals surface area contributed by atoms with E-state index in [0.717, 1.165) is 7.11 Å². The molecule has 1 atom stereocenters. The minimum Gasteiger partial charge on any atom is -0.508 e. The van der Waals surface area contributed by atoms with Gasteiger partial charge in [0.05, 0.1) is 12.0 Å². The summed E-state index contributed by atoms with van der Waals surface area (Å²) in [5, 5.41) is 28.2. The Kier molecular flexibility index (Phi) is 7.92. The maximum absolute atomic E-state index is 13.0.